The maximum Gasteiger partial charge on any atom is 0.0921 e. The van der Waals surface area contributed by atoms with E-state index in [1.54, 1.807) is 6.33 Å². The van der Waals surface area contributed by atoms with Crippen molar-refractivity contribution in [3.8, 4) is 0 Å². The van der Waals surface area contributed by atoms with Crippen molar-refractivity contribution in [1.82, 2.24) is 9.97 Å². The molecule has 0 aromatic carbocycles. The third kappa shape index (κ3) is 6.50. The van der Waals surface area contributed by atoms with E-state index in [9.17, 15) is 0 Å². The van der Waals surface area contributed by atoms with Crippen molar-refractivity contribution in [2.75, 3.05) is 0 Å². The predicted molar refractivity (Wildman–Crippen MR) is 74.1 cm³/mol. The summed E-state index contributed by atoms with van der Waals surface area (Å²) in [5.41, 5.74) is 1.31. The topological polar surface area (TPSA) is 28.7 Å². The number of nitrogens with one attached hydrogen (secondary N) is 1. The van der Waals surface area contributed by atoms with E-state index in [2.05, 4.69) is 23.8 Å². The zero-order chi connectivity index (χ0) is 12.3. The molecule has 0 saturated heterocycles. The fourth-order valence-corrected chi connectivity index (χ4v) is 2.42. The van der Waals surface area contributed by atoms with Gasteiger partial charge in [0, 0.05) is 11.9 Å². The molecule has 2 nitrogen and oxygen atoms in total. The molecule has 1 heterocycles. The van der Waals surface area contributed by atoms with Crippen LogP contribution in [0.25, 0.3) is 0 Å². The highest BCUT2D eigenvalue weighted by Gasteiger charge is 2.10. The van der Waals surface area contributed by atoms with Crippen LogP contribution in [0.1, 0.15) is 70.9 Å². The Morgan fingerprint density at radius 2 is 1.71 bits per heavy atom. The van der Waals surface area contributed by atoms with Crippen LogP contribution in [0.15, 0.2) is 12.5 Å². The van der Waals surface area contributed by atoms with Gasteiger partial charge in [-0.25, -0.2) is 4.98 Å². The Bertz CT molecular complexity index is 244. The lowest BCUT2D eigenvalue weighted by Crippen LogP contribution is -2.05. The molecule has 1 aromatic rings. The van der Waals surface area contributed by atoms with Gasteiger partial charge in [0.15, 0.2) is 0 Å². The Balaban J connectivity index is 2.29. The number of imidazole rings is 1. The third-order valence-corrected chi connectivity index (χ3v) is 3.50. The van der Waals surface area contributed by atoms with Gasteiger partial charge in [-0.15, -0.1) is 0 Å². The van der Waals surface area contributed by atoms with Gasteiger partial charge in [0.25, 0.3) is 0 Å². The average Bonchev–Trinajstić information content (AvgIpc) is 2.82. The number of hydrogen-bond acceptors (Lipinski definition) is 1. The minimum absolute atomic E-state index is 0.855. The van der Waals surface area contributed by atoms with Gasteiger partial charge in [-0.2, -0.15) is 0 Å². The number of nitrogens with zero attached hydrogens (tertiary/aromatic N) is 1. The summed E-state index contributed by atoms with van der Waals surface area (Å²) in [6.07, 6.45) is 15.9. The first-order valence-corrected chi connectivity index (χ1v) is 7.34. The molecular formula is C15H28N2. The second-order valence-electron chi connectivity index (χ2n) is 5.14. The Hall–Kier alpha value is -0.790. The first-order valence-electron chi connectivity index (χ1n) is 7.34. The first kappa shape index (κ1) is 14.3. The smallest absolute Gasteiger partial charge is 0.0921 e. The third-order valence-electron chi connectivity index (χ3n) is 3.50. The zero-order valence-corrected chi connectivity index (χ0v) is 11.5. The molecule has 0 radical (unpaired) electrons. The zero-order valence-electron chi connectivity index (χ0n) is 11.5. The molecule has 17 heavy (non-hydrogen) atoms. The van der Waals surface area contributed by atoms with E-state index in [0.717, 1.165) is 5.92 Å². The molecule has 0 aliphatic heterocycles. The van der Waals surface area contributed by atoms with Gasteiger partial charge in [0.1, 0.15) is 0 Å². The van der Waals surface area contributed by atoms with Crippen LogP contribution < -0.4 is 0 Å². The van der Waals surface area contributed by atoms with Gasteiger partial charge in [-0.05, 0) is 12.3 Å². The number of hydrogen-bond donors (Lipinski definition) is 1. The molecule has 0 unspecified atom stereocenters. The maximum atomic E-state index is 4.11. The lowest BCUT2D eigenvalue weighted by molar-refractivity contribution is 0.405. The molecule has 2 heteroatoms. The molecule has 0 saturated carbocycles. The molecule has 0 bridgehead atoms. The molecule has 0 amide bonds. The van der Waals surface area contributed by atoms with Crippen molar-refractivity contribution in [3.63, 3.8) is 0 Å². The number of aromatic nitrogens is 2. The van der Waals surface area contributed by atoms with Gasteiger partial charge < -0.3 is 4.98 Å². The summed E-state index contributed by atoms with van der Waals surface area (Å²) in [7, 11) is 0. The standard InChI is InChI=1S/C15H28N2/c1-3-5-7-9-14(10-8-6-4-2)11-15-12-16-13-17-15/h12-14H,3-11H2,1-2H3,(H,16,17). The van der Waals surface area contributed by atoms with Crippen LogP contribution in [0.3, 0.4) is 0 Å². The Labute approximate surface area is 106 Å². The average molecular weight is 236 g/mol. The number of rotatable bonds is 10. The normalized spacial score (nSPS) is 11.2. The second kappa shape index (κ2) is 9.26. The Kier molecular flexibility index (Phi) is 7.78. The van der Waals surface area contributed by atoms with E-state index >= 15 is 0 Å². The summed E-state index contributed by atoms with van der Waals surface area (Å²) >= 11 is 0. The van der Waals surface area contributed by atoms with Crippen LogP contribution >= 0.6 is 0 Å². The SMILES string of the molecule is CCCCCC(CCCCC)Cc1cnc[nH]1. The van der Waals surface area contributed by atoms with Gasteiger partial charge in [-0.3, -0.25) is 0 Å². The molecule has 98 valence electrons. The van der Waals surface area contributed by atoms with E-state index in [1.165, 1.54) is 63.5 Å². The highest BCUT2D eigenvalue weighted by Crippen LogP contribution is 2.21. The minimum atomic E-state index is 0.855. The lowest BCUT2D eigenvalue weighted by atomic mass is 9.91. The first-order chi connectivity index (χ1) is 8.36. The fourth-order valence-electron chi connectivity index (χ4n) is 2.42. The molecule has 0 spiro atoms. The minimum Gasteiger partial charge on any atom is -0.348 e. The fraction of sp³-hybridized carbons (Fsp3) is 0.800. The molecule has 0 atom stereocenters. The summed E-state index contributed by atoms with van der Waals surface area (Å²) in [5, 5.41) is 0. The maximum absolute atomic E-state index is 4.11. The molecule has 1 rings (SSSR count). The highest BCUT2D eigenvalue weighted by molar-refractivity contribution is 4.95. The van der Waals surface area contributed by atoms with E-state index in [4.69, 9.17) is 0 Å². The van der Waals surface area contributed by atoms with Gasteiger partial charge in [-0.1, -0.05) is 65.2 Å². The second-order valence-corrected chi connectivity index (χ2v) is 5.14. The molecule has 0 aliphatic rings. The van der Waals surface area contributed by atoms with Crippen molar-refractivity contribution in [2.45, 2.75) is 71.6 Å². The molecular weight excluding hydrogens is 208 g/mol. The van der Waals surface area contributed by atoms with E-state index in [-0.39, 0.29) is 0 Å². The van der Waals surface area contributed by atoms with Crippen molar-refractivity contribution >= 4 is 0 Å². The number of H-pyrrole nitrogens is 1. The largest absolute Gasteiger partial charge is 0.348 e. The van der Waals surface area contributed by atoms with E-state index < -0.39 is 0 Å². The highest BCUT2D eigenvalue weighted by atomic mass is 14.9. The van der Waals surface area contributed by atoms with Gasteiger partial charge in [0.05, 0.1) is 6.33 Å². The van der Waals surface area contributed by atoms with Crippen molar-refractivity contribution in [2.24, 2.45) is 5.92 Å². The van der Waals surface area contributed by atoms with Crippen LogP contribution in [-0.4, -0.2) is 9.97 Å². The van der Waals surface area contributed by atoms with Crippen LogP contribution in [0, 0.1) is 5.92 Å². The van der Waals surface area contributed by atoms with Crippen molar-refractivity contribution in [1.29, 1.82) is 0 Å². The number of aromatic amines is 1. The van der Waals surface area contributed by atoms with Crippen LogP contribution in [0.2, 0.25) is 0 Å². The van der Waals surface area contributed by atoms with Crippen LogP contribution in [0.5, 0.6) is 0 Å². The quantitative estimate of drug-likeness (QED) is 0.585. The van der Waals surface area contributed by atoms with Gasteiger partial charge in [0.2, 0.25) is 0 Å². The van der Waals surface area contributed by atoms with Gasteiger partial charge >= 0.3 is 0 Å². The molecule has 1 N–H and O–H groups in total. The Morgan fingerprint density at radius 3 is 2.18 bits per heavy atom. The molecule has 0 fully saturated rings. The monoisotopic (exact) mass is 236 g/mol. The Morgan fingerprint density at radius 1 is 1.06 bits per heavy atom. The van der Waals surface area contributed by atoms with Crippen LogP contribution in [-0.2, 0) is 6.42 Å². The van der Waals surface area contributed by atoms with Crippen molar-refractivity contribution in [3.05, 3.63) is 18.2 Å². The lowest BCUT2D eigenvalue weighted by Gasteiger charge is -2.15. The predicted octanol–water partition coefficient (Wildman–Crippen LogP) is 4.73. The van der Waals surface area contributed by atoms with E-state index in [0.29, 0.717) is 0 Å². The van der Waals surface area contributed by atoms with Crippen molar-refractivity contribution < 1.29 is 0 Å². The molecule has 0 aliphatic carbocycles. The van der Waals surface area contributed by atoms with Crippen LogP contribution in [0.4, 0.5) is 0 Å². The number of unbranched alkanes of at least 4 members (excludes halogenated alkanes) is 4. The van der Waals surface area contributed by atoms with E-state index in [1.807, 2.05) is 6.20 Å². The summed E-state index contributed by atoms with van der Waals surface area (Å²) in [5.74, 6) is 0.855. The summed E-state index contributed by atoms with van der Waals surface area (Å²) in [6.45, 7) is 4.56. The molecule has 1 aromatic heterocycles. The summed E-state index contributed by atoms with van der Waals surface area (Å²) in [4.78, 5) is 7.35. The summed E-state index contributed by atoms with van der Waals surface area (Å²) in [6, 6.07) is 0. The summed E-state index contributed by atoms with van der Waals surface area (Å²) < 4.78 is 0.